The van der Waals surface area contributed by atoms with E-state index in [1.807, 2.05) is 25.1 Å². The zero-order valence-corrected chi connectivity index (χ0v) is 14.9. The van der Waals surface area contributed by atoms with Gasteiger partial charge >= 0.3 is 0 Å². The Morgan fingerprint density at radius 2 is 2.08 bits per heavy atom. The number of carbonyl (C=O) groups excluding carboxylic acids is 1. The van der Waals surface area contributed by atoms with Crippen molar-refractivity contribution in [2.24, 2.45) is 16.1 Å². The molecule has 6 heteroatoms. The number of aryl methyl sites for hydroxylation is 1. The fraction of sp³-hybridized carbons (Fsp3) is 0.526. The fourth-order valence-electron chi connectivity index (χ4n) is 3.51. The monoisotopic (exact) mass is 343 g/mol. The molecule has 0 spiro atoms. The highest BCUT2D eigenvalue weighted by Gasteiger charge is 2.22. The summed E-state index contributed by atoms with van der Waals surface area (Å²) in [6.07, 6.45) is 5.98. The van der Waals surface area contributed by atoms with Crippen molar-refractivity contribution < 1.29 is 14.6 Å². The van der Waals surface area contributed by atoms with Crippen LogP contribution in [0.3, 0.4) is 0 Å². The van der Waals surface area contributed by atoms with E-state index in [1.165, 1.54) is 6.42 Å². The summed E-state index contributed by atoms with van der Waals surface area (Å²) in [5.41, 5.74) is 1.20. The Morgan fingerprint density at radius 1 is 1.32 bits per heavy atom. The average Bonchev–Trinajstić information content (AvgIpc) is 2.91. The lowest BCUT2D eigenvalue weighted by Gasteiger charge is -2.17. The number of benzene rings is 1. The Morgan fingerprint density at radius 3 is 2.76 bits per heavy atom. The molecule has 1 aromatic carbocycles. The third-order valence-corrected chi connectivity index (χ3v) is 4.87. The zero-order valence-electron chi connectivity index (χ0n) is 14.9. The first-order chi connectivity index (χ1) is 12.2. The molecule has 1 fully saturated rings. The summed E-state index contributed by atoms with van der Waals surface area (Å²) >= 11 is 0. The number of hydrogen-bond donors (Lipinski definition) is 1. The number of aromatic hydroxyl groups is 1. The van der Waals surface area contributed by atoms with Gasteiger partial charge in [0.25, 0.3) is 5.91 Å². The molecule has 6 nitrogen and oxygen atoms in total. The van der Waals surface area contributed by atoms with Crippen LogP contribution in [0.4, 0.5) is 5.69 Å². The summed E-state index contributed by atoms with van der Waals surface area (Å²) in [5.74, 6) is 0.512. The predicted octanol–water partition coefficient (Wildman–Crippen LogP) is 4.96. The quantitative estimate of drug-likeness (QED) is 0.780. The topological polar surface area (TPSA) is 76.2 Å². The number of methoxy groups -OCH3 is 1. The fourth-order valence-corrected chi connectivity index (χ4v) is 3.51. The van der Waals surface area contributed by atoms with Crippen molar-refractivity contribution in [1.29, 1.82) is 0 Å². The van der Waals surface area contributed by atoms with E-state index >= 15 is 0 Å². The van der Waals surface area contributed by atoms with Crippen molar-refractivity contribution >= 4 is 22.5 Å². The number of aromatic nitrogens is 1. The zero-order chi connectivity index (χ0) is 17.8. The van der Waals surface area contributed by atoms with Crippen molar-refractivity contribution in [3.63, 3.8) is 0 Å². The van der Waals surface area contributed by atoms with Gasteiger partial charge in [0.05, 0.1) is 12.6 Å². The number of amides is 1. The molecule has 1 heterocycles. The Labute approximate surface area is 147 Å². The summed E-state index contributed by atoms with van der Waals surface area (Å²) in [6.45, 7) is 2.71. The van der Waals surface area contributed by atoms with Gasteiger partial charge in [-0.1, -0.05) is 26.2 Å². The van der Waals surface area contributed by atoms with Gasteiger partial charge in [0.2, 0.25) is 5.88 Å². The molecule has 1 aromatic heterocycles. The second-order valence-corrected chi connectivity index (χ2v) is 6.58. The summed E-state index contributed by atoms with van der Waals surface area (Å²) < 4.78 is 7.08. The molecule has 1 amide bonds. The third-order valence-electron chi connectivity index (χ3n) is 4.87. The minimum absolute atomic E-state index is 0.0295. The van der Waals surface area contributed by atoms with Crippen LogP contribution in [0.2, 0.25) is 0 Å². The minimum atomic E-state index is -0.182. The van der Waals surface area contributed by atoms with E-state index in [4.69, 9.17) is 4.74 Å². The Balaban J connectivity index is 1.97. The number of fused-ring (bicyclic) bond motifs is 1. The van der Waals surface area contributed by atoms with E-state index in [9.17, 15) is 9.90 Å². The smallest absolute Gasteiger partial charge is 0.267 e. The van der Waals surface area contributed by atoms with Crippen molar-refractivity contribution in [3.8, 4) is 11.6 Å². The van der Waals surface area contributed by atoms with E-state index in [-0.39, 0.29) is 17.7 Å². The molecule has 1 saturated carbocycles. The van der Waals surface area contributed by atoms with Gasteiger partial charge in [-0.25, -0.2) is 0 Å². The first-order valence-electron chi connectivity index (χ1n) is 9.00. The van der Waals surface area contributed by atoms with Crippen LogP contribution in [0, 0.1) is 5.92 Å². The number of azo groups is 1. The molecule has 1 aliphatic carbocycles. The van der Waals surface area contributed by atoms with Gasteiger partial charge in [-0.3, -0.25) is 4.79 Å². The number of rotatable bonds is 5. The van der Waals surface area contributed by atoms with E-state index in [1.54, 1.807) is 11.7 Å². The van der Waals surface area contributed by atoms with Gasteiger partial charge in [-0.05, 0) is 37.5 Å². The first kappa shape index (κ1) is 17.5. The molecule has 0 saturated heterocycles. The Hall–Kier alpha value is -2.37. The molecule has 25 heavy (non-hydrogen) atoms. The molecule has 1 aliphatic rings. The molecule has 0 bridgehead atoms. The number of nitrogens with zero attached hydrogens (tertiary/aromatic N) is 3. The first-order valence-corrected chi connectivity index (χ1v) is 9.00. The average molecular weight is 343 g/mol. The second-order valence-electron chi connectivity index (χ2n) is 6.58. The Bertz CT molecular complexity index is 789. The van der Waals surface area contributed by atoms with Crippen LogP contribution in [0.25, 0.3) is 10.9 Å². The highest BCUT2D eigenvalue weighted by molar-refractivity contribution is 5.96. The Kier molecular flexibility index (Phi) is 5.36. The van der Waals surface area contributed by atoms with Gasteiger partial charge in [0.1, 0.15) is 5.75 Å². The lowest BCUT2D eigenvalue weighted by molar-refractivity contribution is -0.122. The van der Waals surface area contributed by atoms with E-state index in [2.05, 4.69) is 10.2 Å². The molecule has 3 rings (SSSR count). The maximum atomic E-state index is 12.3. The van der Waals surface area contributed by atoms with Crippen LogP contribution in [-0.4, -0.2) is 22.7 Å². The van der Waals surface area contributed by atoms with Gasteiger partial charge in [0.15, 0.2) is 5.69 Å². The van der Waals surface area contributed by atoms with E-state index in [0.29, 0.717) is 18.0 Å². The second kappa shape index (κ2) is 7.68. The molecular weight excluding hydrogens is 318 g/mol. The molecule has 2 aromatic rings. The van der Waals surface area contributed by atoms with Gasteiger partial charge in [0, 0.05) is 17.8 Å². The highest BCUT2D eigenvalue weighted by atomic mass is 16.5. The summed E-state index contributed by atoms with van der Waals surface area (Å²) in [6, 6.07) is 5.56. The summed E-state index contributed by atoms with van der Waals surface area (Å²) in [5, 5.41) is 19.4. The molecule has 0 unspecified atom stereocenters. The van der Waals surface area contributed by atoms with Crippen molar-refractivity contribution in [2.75, 3.05) is 7.11 Å². The summed E-state index contributed by atoms with van der Waals surface area (Å²) in [4.78, 5) is 12.3. The number of hydrogen-bond acceptors (Lipinski definition) is 4. The standard InChI is InChI=1S/C19H25N3O3/c1-3-11-22-16-10-9-14(25-2)12-15(16)17(19(22)24)20-21-18(23)13-7-5-4-6-8-13/h9-10,12-13,24H,3-8,11H2,1-2H3. The summed E-state index contributed by atoms with van der Waals surface area (Å²) in [7, 11) is 1.60. The molecule has 0 radical (unpaired) electrons. The van der Waals surface area contributed by atoms with Crippen LogP contribution < -0.4 is 4.74 Å². The maximum absolute atomic E-state index is 12.3. The highest BCUT2D eigenvalue weighted by Crippen LogP contribution is 2.40. The van der Waals surface area contributed by atoms with Crippen LogP contribution in [-0.2, 0) is 11.3 Å². The van der Waals surface area contributed by atoms with Gasteiger partial charge in [-0.15, -0.1) is 10.2 Å². The van der Waals surface area contributed by atoms with E-state index < -0.39 is 0 Å². The van der Waals surface area contributed by atoms with Crippen molar-refractivity contribution in [2.45, 2.75) is 52.0 Å². The lowest BCUT2D eigenvalue weighted by Crippen LogP contribution is -2.15. The largest absolute Gasteiger partial charge is 0.497 e. The number of ether oxygens (including phenoxy) is 1. The molecule has 1 N–H and O–H groups in total. The third kappa shape index (κ3) is 3.52. The van der Waals surface area contributed by atoms with Crippen LogP contribution in [0.1, 0.15) is 45.4 Å². The van der Waals surface area contributed by atoms with Crippen LogP contribution in [0.5, 0.6) is 11.6 Å². The van der Waals surface area contributed by atoms with Crippen molar-refractivity contribution in [1.82, 2.24) is 4.57 Å². The number of carbonyl (C=O) groups is 1. The predicted molar refractivity (Wildman–Crippen MR) is 96.5 cm³/mol. The van der Waals surface area contributed by atoms with Gasteiger partial charge in [-0.2, -0.15) is 0 Å². The normalized spacial score (nSPS) is 15.9. The molecular formula is C19H25N3O3. The lowest BCUT2D eigenvalue weighted by atomic mass is 9.89. The van der Waals surface area contributed by atoms with Crippen molar-refractivity contribution in [3.05, 3.63) is 18.2 Å². The molecule has 134 valence electrons. The maximum Gasteiger partial charge on any atom is 0.267 e. The van der Waals surface area contributed by atoms with E-state index in [0.717, 1.165) is 43.0 Å². The van der Waals surface area contributed by atoms with Crippen LogP contribution >= 0.6 is 0 Å². The minimum Gasteiger partial charge on any atom is -0.497 e. The van der Waals surface area contributed by atoms with Gasteiger partial charge < -0.3 is 14.4 Å². The molecule has 0 atom stereocenters. The molecule has 0 aliphatic heterocycles. The SMILES string of the molecule is CCCn1c(O)c(N=NC(=O)C2CCCCC2)c2cc(OC)ccc21. The van der Waals surface area contributed by atoms with Crippen LogP contribution in [0.15, 0.2) is 28.4 Å².